The van der Waals surface area contributed by atoms with E-state index in [2.05, 4.69) is 65.1 Å². The Balaban J connectivity index is 1.36. The maximum absolute atomic E-state index is 13.5. The number of halogens is 1. The van der Waals surface area contributed by atoms with Gasteiger partial charge in [0.15, 0.2) is 0 Å². The maximum atomic E-state index is 13.5. The zero-order valence-electron chi connectivity index (χ0n) is 22.7. The number of aromatic nitrogens is 1. The zero-order valence-corrected chi connectivity index (χ0v) is 23.5. The van der Waals surface area contributed by atoms with E-state index in [9.17, 15) is 9.18 Å². The second-order valence-corrected chi connectivity index (χ2v) is 11.9. The summed E-state index contributed by atoms with van der Waals surface area (Å²) in [6.07, 6.45) is 0.905. The van der Waals surface area contributed by atoms with Crippen LogP contribution in [0.4, 0.5) is 4.39 Å². The van der Waals surface area contributed by atoms with E-state index in [0.717, 1.165) is 56.4 Å². The van der Waals surface area contributed by atoms with Crippen LogP contribution in [0.15, 0.2) is 53.9 Å². The van der Waals surface area contributed by atoms with Gasteiger partial charge in [0, 0.05) is 38.1 Å². The largest absolute Gasteiger partial charge is 0.379 e. The number of hydrogen-bond acceptors (Lipinski definition) is 6. The number of hydrogen-bond donors (Lipinski definition) is 1. The van der Waals surface area contributed by atoms with Crippen LogP contribution in [0.2, 0.25) is 0 Å². The average molecular weight is 539 g/mol. The number of morpholine rings is 1. The van der Waals surface area contributed by atoms with Gasteiger partial charge in [0.1, 0.15) is 16.5 Å². The third-order valence-electron chi connectivity index (χ3n) is 6.73. The first-order valence-corrected chi connectivity index (χ1v) is 14.2. The lowest BCUT2D eigenvalue weighted by Crippen LogP contribution is -2.38. The molecule has 38 heavy (non-hydrogen) atoms. The predicted octanol–water partition coefficient (Wildman–Crippen LogP) is 5.23. The van der Waals surface area contributed by atoms with Gasteiger partial charge in [-0.1, -0.05) is 57.2 Å². The molecule has 1 saturated heterocycles. The van der Waals surface area contributed by atoms with E-state index >= 15 is 0 Å². The van der Waals surface area contributed by atoms with Crippen LogP contribution in [0.25, 0.3) is 0 Å². The molecule has 4 rings (SSSR count). The highest BCUT2D eigenvalue weighted by Gasteiger charge is 2.17. The molecule has 1 aliphatic heterocycles. The fourth-order valence-electron chi connectivity index (χ4n) is 4.48. The molecule has 0 atom stereocenters. The number of nitrogens with one attached hydrogen (secondary N) is 1. The van der Waals surface area contributed by atoms with Crippen molar-refractivity contribution in [3.63, 3.8) is 0 Å². The lowest BCUT2D eigenvalue weighted by Gasteiger charge is -2.26. The van der Waals surface area contributed by atoms with Gasteiger partial charge < -0.3 is 10.1 Å². The van der Waals surface area contributed by atoms with Gasteiger partial charge in [-0.05, 0) is 47.2 Å². The summed E-state index contributed by atoms with van der Waals surface area (Å²) in [6, 6.07) is 15.4. The van der Waals surface area contributed by atoms with E-state index < -0.39 is 0 Å². The number of rotatable bonds is 11. The summed E-state index contributed by atoms with van der Waals surface area (Å²) in [6.45, 7) is 13.7. The summed E-state index contributed by atoms with van der Waals surface area (Å²) in [5.74, 6) is -0.365. The minimum Gasteiger partial charge on any atom is -0.379 e. The Bertz CT molecular complexity index is 1150. The average Bonchev–Trinajstić information content (AvgIpc) is 3.37. The minimum absolute atomic E-state index is 0.104. The highest BCUT2D eigenvalue weighted by Crippen LogP contribution is 2.23. The third-order valence-corrected chi connectivity index (χ3v) is 7.56. The fraction of sp³-hybridized carbons (Fsp3) is 0.467. The molecular formula is C30H39FN4O2S. The molecule has 204 valence electrons. The summed E-state index contributed by atoms with van der Waals surface area (Å²) in [7, 11) is 0. The molecule has 1 N–H and O–H groups in total. The first kappa shape index (κ1) is 28.4. The molecule has 3 aromatic rings. The van der Waals surface area contributed by atoms with Gasteiger partial charge in [0.2, 0.25) is 0 Å². The first-order chi connectivity index (χ1) is 18.3. The molecule has 1 aliphatic rings. The second-order valence-electron chi connectivity index (χ2n) is 10.9. The zero-order chi connectivity index (χ0) is 27.0. The van der Waals surface area contributed by atoms with E-state index in [1.54, 1.807) is 0 Å². The molecule has 0 unspecified atom stereocenters. The number of ether oxygens (including phenoxy) is 1. The molecule has 6 nitrogen and oxygen atoms in total. The van der Waals surface area contributed by atoms with Crippen LogP contribution < -0.4 is 5.32 Å². The van der Waals surface area contributed by atoms with Crippen molar-refractivity contribution in [2.45, 2.75) is 52.2 Å². The summed E-state index contributed by atoms with van der Waals surface area (Å²) >= 11 is 1.50. The van der Waals surface area contributed by atoms with Crippen molar-refractivity contribution >= 4 is 17.2 Å². The van der Waals surface area contributed by atoms with Crippen LogP contribution in [0.5, 0.6) is 0 Å². The number of thiazole rings is 1. The Kier molecular flexibility index (Phi) is 10.0. The lowest BCUT2D eigenvalue weighted by molar-refractivity contribution is 0.0374. The third kappa shape index (κ3) is 8.70. The van der Waals surface area contributed by atoms with Crippen LogP contribution in [0, 0.1) is 5.82 Å². The Morgan fingerprint density at radius 1 is 1.03 bits per heavy atom. The summed E-state index contributed by atoms with van der Waals surface area (Å²) < 4.78 is 18.9. The highest BCUT2D eigenvalue weighted by molar-refractivity contribution is 7.09. The van der Waals surface area contributed by atoms with Crippen molar-refractivity contribution in [1.82, 2.24) is 20.1 Å². The molecule has 0 aliphatic carbocycles. The number of carbonyl (C=O) groups excluding carboxylic acids is 1. The predicted molar refractivity (Wildman–Crippen MR) is 151 cm³/mol. The van der Waals surface area contributed by atoms with Gasteiger partial charge in [-0.25, -0.2) is 9.37 Å². The van der Waals surface area contributed by atoms with Crippen molar-refractivity contribution in [2.75, 3.05) is 39.4 Å². The lowest BCUT2D eigenvalue weighted by atomic mass is 9.87. The topological polar surface area (TPSA) is 57.7 Å². The van der Waals surface area contributed by atoms with Gasteiger partial charge in [0.25, 0.3) is 5.91 Å². The SMILES string of the molecule is CC(C)(C)c1ccc(CN(Cc2ccc(F)cc2)Cc2nc(C(=O)NCCCN3CCOCC3)cs2)cc1. The van der Waals surface area contributed by atoms with Crippen LogP contribution in [-0.2, 0) is 29.8 Å². The van der Waals surface area contributed by atoms with Crippen molar-refractivity contribution in [2.24, 2.45) is 0 Å². The molecule has 0 spiro atoms. The first-order valence-electron chi connectivity index (χ1n) is 13.4. The molecule has 2 heterocycles. The second kappa shape index (κ2) is 13.4. The van der Waals surface area contributed by atoms with E-state index in [0.29, 0.717) is 25.3 Å². The van der Waals surface area contributed by atoms with Gasteiger partial charge in [-0.15, -0.1) is 11.3 Å². The summed E-state index contributed by atoms with van der Waals surface area (Å²) in [4.78, 5) is 22.0. The number of carbonyl (C=O) groups is 1. The molecule has 1 aromatic heterocycles. The number of nitrogens with zero attached hydrogens (tertiary/aromatic N) is 3. The monoisotopic (exact) mass is 538 g/mol. The van der Waals surface area contributed by atoms with E-state index in [4.69, 9.17) is 4.74 Å². The van der Waals surface area contributed by atoms with Crippen molar-refractivity contribution in [3.05, 3.63) is 87.1 Å². The van der Waals surface area contributed by atoms with Crippen molar-refractivity contribution in [3.8, 4) is 0 Å². The Hall–Kier alpha value is -2.65. The molecule has 1 fully saturated rings. The Morgan fingerprint density at radius 2 is 1.66 bits per heavy atom. The van der Waals surface area contributed by atoms with Crippen LogP contribution >= 0.6 is 11.3 Å². The van der Waals surface area contributed by atoms with Crippen LogP contribution in [0.3, 0.4) is 0 Å². The van der Waals surface area contributed by atoms with Gasteiger partial charge in [0.05, 0.1) is 19.8 Å². The molecule has 0 bridgehead atoms. The molecule has 0 saturated carbocycles. The molecule has 2 aromatic carbocycles. The normalized spacial score (nSPS) is 14.7. The van der Waals surface area contributed by atoms with E-state index in [1.807, 2.05) is 17.5 Å². The van der Waals surface area contributed by atoms with Crippen LogP contribution in [0.1, 0.15) is 59.4 Å². The highest BCUT2D eigenvalue weighted by atomic mass is 32.1. The molecular weight excluding hydrogens is 499 g/mol. The molecule has 1 amide bonds. The van der Waals surface area contributed by atoms with E-state index in [1.165, 1.54) is 34.6 Å². The fourth-order valence-corrected chi connectivity index (χ4v) is 5.30. The van der Waals surface area contributed by atoms with Gasteiger partial charge in [-0.2, -0.15) is 0 Å². The quantitative estimate of drug-likeness (QED) is 0.339. The van der Waals surface area contributed by atoms with E-state index in [-0.39, 0.29) is 17.1 Å². The van der Waals surface area contributed by atoms with Crippen LogP contribution in [-0.4, -0.2) is 60.1 Å². The van der Waals surface area contributed by atoms with Gasteiger partial charge in [-0.3, -0.25) is 14.6 Å². The summed E-state index contributed by atoms with van der Waals surface area (Å²) in [5.41, 5.74) is 4.11. The standard InChI is InChI=1S/C30H39FN4O2S/c1-30(2,3)25-9-5-23(6-10-25)19-35(20-24-7-11-26(31)12-8-24)21-28-33-27(22-38-28)29(36)32-13-4-14-34-15-17-37-18-16-34/h5-12,22H,4,13-21H2,1-3H3,(H,32,36). The summed E-state index contributed by atoms with van der Waals surface area (Å²) in [5, 5.41) is 5.73. The molecule has 0 radical (unpaired) electrons. The number of amides is 1. The Morgan fingerprint density at radius 3 is 2.29 bits per heavy atom. The maximum Gasteiger partial charge on any atom is 0.270 e. The van der Waals surface area contributed by atoms with Crippen molar-refractivity contribution < 1.29 is 13.9 Å². The van der Waals surface area contributed by atoms with Gasteiger partial charge >= 0.3 is 0 Å². The minimum atomic E-state index is -0.237. The molecule has 8 heteroatoms. The number of benzene rings is 2. The van der Waals surface area contributed by atoms with Crippen molar-refractivity contribution in [1.29, 1.82) is 0 Å². The Labute approximate surface area is 229 Å². The smallest absolute Gasteiger partial charge is 0.270 e.